The van der Waals surface area contributed by atoms with E-state index in [-0.39, 0.29) is 18.1 Å². The van der Waals surface area contributed by atoms with Gasteiger partial charge in [0.25, 0.3) is 0 Å². The number of aromatic hydroxyl groups is 1. The van der Waals surface area contributed by atoms with E-state index in [2.05, 4.69) is 0 Å². The lowest BCUT2D eigenvalue weighted by molar-refractivity contribution is -0.117. The van der Waals surface area contributed by atoms with Crippen molar-refractivity contribution in [2.24, 2.45) is 5.73 Å². The fraction of sp³-hybridized carbons (Fsp3) is 0.364. The summed E-state index contributed by atoms with van der Waals surface area (Å²) in [5.41, 5.74) is 7.98. The molecule has 3 nitrogen and oxygen atoms in total. The summed E-state index contributed by atoms with van der Waals surface area (Å²) in [5.74, 6) is -0.100. The normalized spacial score (nSPS) is 10.1. The molecule has 3 heteroatoms. The van der Waals surface area contributed by atoms with Gasteiger partial charge in [0, 0.05) is 6.42 Å². The Bertz CT molecular complexity index is 359. The van der Waals surface area contributed by atoms with Gasteiger partial charge in [-0.3, -0.25) is 4.79 Å². The van der Waals surface area contributed by atoms with Crippen LogP contribution in [0.1, 0.15) is 23.1 Å². The molecule has 14 heavy (non-hydrogen) atoms. The average Bonchev–Trinajstić information content (AvgIpc) is 2.09. The molecule has 0 bridgehead atoms. The average molecular weight is 193 g/mol. The molecule has 1 aromatic rings. The first-order chi connectivity index (χ1) is 6.50. The first kappa shape index (κ1) is 10.6. The zero-order chi connectivity index (χ0) is 10.7. The van der Waals surface area contributed by atoms with Crippen LogP contribution < -0.4 is 5.73 Å². The van der Waals surface area contributed by atoms with Gasteiger partial charge in [-0.2, -0.15) is 0 Å². The highest BCUT2D eigenvalue weighted by atomic mass is 16.3. The molecule has 1 rings (SSSR count). The minimum atomic E-state index is -0.345. The molecule has 0 heterocycles. The number of carbonyl (C=O) groups excluding carboxylic acids is 1. The molecule has 0 saturated carbocycles. The van der Waals surface area contributed by atoms with Crippen LogP contribution in [-0.2, 0) is 11.2 Å². The van der Waals surface area contributed by atoms with Gasteiger partial charge in [0.2, 0.25) is 5.91 Å². The molecule has 0 aliphatic heterocycles. The highest BCUT2D eigenvalue weighted by Gasteiger charge is 2.05. The summed E-state index contributed by atoms with van der Waals surface area (Å²) in [5, 5.41) is 9.58. The van der Waals surface area contributed by atoms with Crippen molar-refractivity contribution >= 4 is 5.91 Å². The minimum Gasteiger partial charge on any atom is -0.508 e. The van der Waals surface area contributed by atoms with Gasteiger partial charge >= 0.3 is 0 Å². The molecular formula is C11H15NO2. The van der Waals surface area contributed by atoms with Crippen LogP contribution in [0.5, 0.6) is 5.75 Å². The Kier molecular flexibility index (Phi) is 3.12. The van der Waals surface area contributed by atoms with E-state index >= 15 is 0 Å². The van der Waals surface area contributed by atoms with Crippen LogP contribution in [0.15, 0.2) is 12.1 Å². The third-order valence-electron chi connectivity index (χ3n) is 2.34. The maximum Gasteiger partial charge on any atom is 0.217 e. The molecule has 0 saturated heterocycles. The van der Waals surface area contributed by atoms with Crippen LogP contribution >= 0.6 is 0 Å². The van der Waals surface area contributed by atoms with Crippen molar-refractivity contribution < 1.29 is 9.90 Å². The summed E-state index contributed by atoms with van der Waals surface area (Å²) >= 11 is 0. The number of primary amides is 1. The zero-order valence-corrected chi connectivity index (χ0v) is 8.50. The molecular weight excluding hydrogens is 178 g/mol. The number of phenolic OH excluding ortho intramolecular Hbond substituents is 1. The smallest absolute Gasteiger partial charge is 0.217 e. The highest BCUT2D eigenvalue weighted by molar-refractivity contribution is 5.74. The van der Waals surface area contributed by atoms with Crippen LogP contribution in [0.4, 0.5) is 0 Å². The number of benzene rings is 1. The van der Waals surface area contributed by atoms with E-state index in [0.717, 1.165) is 16.7 Å². The van der Waals surface area contributed by atoms with Crippen LogP contribution in [0.2, 0.25) is 0 Å². The van der Waals surface area contributed by atoms with E-state index in [0.29, 0.717) is 6.42 Å². The molecule has 0 aromatic heterocycles. The topological polar surface area (TPSA) is 63.3 Å². The third kappa shape index (κ3) is 2.49. The molecule has 3 N–H and O–H groups in total. The van der Waals surface area contributed by atoms with Gasteiger partial charge < -0.3 is 10.8 Å². The lowest BCUT2D eigenvalue weighted by atomic mass is 10.0. The highest BCUT2D eigenvalue weighted by Crippen LogP contribution is 2.22. The van der Waals surface area contributed by atoms with E-state index in [1.807, 2.05) is 19.9 Å². The first-order valence-electron chi connectivity index (χ1n) is 4.58. The fourth-order valence-corrected chi connectivity index (χ4v) is 1.32. The van der Waals surface area contributed by atoms with Gasteiger partial charge in [-0.05, 0) is 43.0 Å². The SMILES string of the molecule is Cc1cc(O)c(CCC(N)=O)cc1C. The maximum atomic E-state index is 10.6. The Morgan fingerprint density at radius 3 is 2.50 bits per heavy atom. The number of nitrogens with two attached hydrogens (primary N) is 1. The van der Waals surface area contributed by atoms with Gasteiger partial charge in [0.1, 0.15) is 5.75 Å². The predicted molar refractivity (Wildman–Crippen MR) is 55.1 cm³/mol. The van der Waals surface area contributed by atoms with Crippen LogP contribution in [0, 0.1) is 13.8 Å². The second kappa shape index (κ2) is 4.13. The van der Waals surface area contributed by atoms with Crippen molar-refractivity contribution in [2.45, 2.75) is 26.7 Å². The van der Waals surface area contributed by atoms with Gasteiger partial charge in [-0.25, -0.2) is 0 Å². The summed E-state index contributed by atoms with van der Waals surface area (Å²) in [7, 11) is 0. The number of aryl methyl sites for hydroxylation is 3. The second-order valence-corrected chi connectivity index (χ2v) is 3.53. The molecule has 0 atom stereocenters. The Labute approximate surface area is 83.6 Å². The van der Waals surface area contributed by atoms with Gasteiger partial charge in [0.15, 0.2) is 0 Å². The summed E-state index contributed by atoms with van der Waals surface area (Å²) in [6.45, 7) is 3.91. The van der Waals surface area contributed by atoms with Gasteiger partial charge in [-0.15, -0.1) is 0 Å². The van der Waals surface area contributed by atoms with Crippen molar-refractivity contribution in [3.05, 3.63) is 28.8 Å². The molecule has 76 valence electrons. The lowest BCUT2D eigenvalue weighted by Crippen LogP contribution is -2.11. The summed E-state index contributed by atoms with van der Waals surface area (Å²) < 4.78 is 0. The number of hydrogen-bond acceptors (Lipinski definition) is 2. The number of carbonyl (C=O) groups is 1. The van der Waals surface area contributed by atoms with Crippen molar-refractivity contribution in [2.75, 3.05) is 0 Å². The van der Waals surface area contributed by atoms with E-state index < -0.39 is 0 Å². The van der Waals surface area contributed by atoms with Crippen molar-refractivity contribution in [3.63, 3.8) is 0 Å². The molecule has 0 radical (unpaired) electrons. The van der Waals surface area contributed by atoms with Crippen molar-refractivity contribution in [1.29, 1.82) is 0 Å². The van der Waals surface area contributed by atoms with Crippen molar-refractivity contribution in [3.8, 4) is 5.75 Å². The molecule has 1 aromatic carbocycles. The van der Waals surface area contributed by atoms with Crippen LogP contribution in [0.3, 0.4) is 0 Å². The number of phenols is 1. The van der Waals surface area contributed by atoms with Crippen LogP contribution in [-0.4, -0.2) is 11.0 Å². The molecule has 0 aliphatic carbocycles. The lowest BCUT2D eigenvalue weighted by Gasteiger charge is -2.07. The Hall–Kier alpha value is -1.51. The number of amides is 1. The Morgan fingerprint density at radius 1 is 1.36 bits per heavy atom. The first-order valence-corrected chi connectivity index (χ1v) is 4.58. The number of hydrogen-bond donors (Lipinski definition) is 2. The monoisotopic (exact) mass is 193 g/mol. The largest absolute Gasteiger partial charge is 0.508 e. The van der Waals surface area contributed by atoms with E-state index in [4.69, 9.17) is 5.73 Å². The quantitative estimate of drug-likeness (QED) is 0.762. The van der Waals surface area contributed by atoms with E-state index in [1.54, 1.807) is 6.07 Å². The summed E-state index contributed by atoms with van der Waals surface area (Å²) in [6.07, 6.45) is 0.776. The van der Waals surface area contributed by atoms with Gasteiger partial charge in [-0.1, -0.05) is 6.07 Å². The molecule has 0 unspecified atom stereocenters. The second-order valence-electron chi connectivity index (χ2n) is 3.53. The van der Waals surface area contributed by atoms with Crippen molar-refractivity contribution in [1.82, 2.24) is 0 Å². The van der Waals surface area contributed by atoms with Gasteiger partial charge in [0.05, 0.1) is 0 Å². The zero-order valence-electron chi connectivity index (χ0n) is 8.50. The summed E-state index contributed by atoms with van der Waals surface area (Å²) in [6, 6.07) is 3.61. The number of rotatable bonds is 3. The molecule has 0 spiro atoms. The molecule has 1 amide bonds. The summed E-state index contributed by atoms with van der Waals surface area (Å²) in [4.78, 5) is 10.6. The Balaban J connectivity index is 2.87. The standard InChI is InChI=1S/C11H15NO2/c1-7-5-9(3-4-11(12)14)10(13)6-8(7)2/h5-6,13H,3-4H2,1-2H3,(H2,12,14). The molecule has 0 fully saturated rings. The third-order valence-corrected chi connectivity index (χ3v) is 2.34. The van der Waals surface area contributed by atoms with E-state index in [1.165, 1.54) is 0 Å². The predicted octanol–water partition coefficient (Wildman–Crippen LogP) is 1.43. The molecule has 0 aliphatic rings. The maximum absolute atomic E-state index is 10.6. The van der Waals surface area contributed by atoms with Crippen LogP contribution in [0.25, 0.3) is 0 Å². The fourth-order valence-electron chi connectivity index (χ4n) is 1.32. The minimum absolute atomic E-state index is 0.245. The Morgan fingerprint density at radius 2 is 1.93 bits per heavy atom. The van der Waals surface area contributed by atoms with E-state index in [9.17, 15) is 9.90 Å².